The molecule has 0 aromatic carbocycles. The van der Waals surface area contributed by atoms with Gasteiger partial charge in [-0.3, -0.25) is 13.9 Å². The average Bonchev–Trinajstić information content (AvgIpc) is 2.64. The Kier molecular flexibility index (Phi) is 4.73. The van der Waals surface area contributed by atoms with E-state index in [-0.39, 0.29) is 11.2 Å². The summed E-state index contributed by atoms with van der Waals surface area (Å²) in [5, 5.41) is 3.18. The summed E-state index contributed by atoms with van der Waals surface area (Å²) >= 11 is 0. The summed E-state index contributed by atoms with van der Waals surface area (Å²) in [5.74, 6) is 2.15. The molecule has 1 fully saturated rings. The molecule has 0 unspecified atom stereocenters. The molecule has 2 aromatic heterocycles. The van der Waals surface area contributed by atoms with E-state index in [1.165, 1.54) is 17.7 Å². The summed E-state index contributed by atoms with van der Waals surface area (Å²) in [7, 11) is 3.17. The van der Waals surface area contributed by atoms with E-state index in [0.717, 1.165) is 30.0 Å². The highest BCUT2D eigenvalue weighted by molar-refractivity contribution is 5.45. The maximum absolute atomic E-state index is 12.1. The molecule has 0 saturated carbocycles. The predicted octanol–water partition coefficient (Wildman–Crippen LogP) is -0.368. The Balaban J connectivity index is 1.75. The van der Waals surface area contributed by atoms with E-state index in [4.69, 9.17) is 0 Å². The summed E-state index contributed by atoms with van der Waals surface area (Å²) in [6, 6.07) is 3.36. The Labute approximate surface area is 145 Å². The third-order valence-electron chi connectivity index (χ3n) is 4.39. The van der Waals surface area contributed by atoms with Crippen LogP contribution in [0.4, 0.5) is 17.6 Å². The Hall–Kier alpha value is -2.84. The van der Waals surface area contributed by atoms with Crippen molar-refractivity contribution >= 4 is 17.6 Å². The minimum atomic E-state index is -0.313. The summed E-state index contributed by atoms with van der Waals surface area (Å²) in [5.41, 5.74) is -0.603. The van der Waals surface area contributed by atoms with Crippen molar-refractivity contribution in [3.63, 3.8) is 0 Å². The first-order chi connectivity index (χ1) is 12.0. The van der Waals surface area contributed by atoms with Gasteiger partial charge in [-0.05, 0) is 13.0 Å². The highest BCUT2D eigenvalue weighted by atomic mass is 16.2. The van der Waals surface area contributed by atoms with Crippen molar-refractivity contribution in [3.8, 4) is 0 Å². The first-order valence-corrected chi connectivity index (χ1v) is 8.35. The molecular formula is C16H23N7O2. The summed E-state index contributed by atoms with van der Waals surface area (Å²) < 4.78 is 2.62. The number of rotatable bonds is 4. The molecule has 9 heteroatoms. The van der Waals surface area contributed by atoms with Crippen LogP contribution in [0.2, 0.25) is 0 Å². The molecule has 0 amide bonds. The fourth-order valence-electron chi connectivity index (χ4n) is 2.94. The molecule has 0 atom stereocenters. The van der Waals surface area contributed by atoms with Crippen LogP contribution in [-0.2, 0) is 14.1 Å². The maximum atomic E-state index is 12.1. The second-order valence-electron chi connectivity index (χ2n) is 5.99. The van der Waals surface area contributed by atoms with E-state index in [0.29, 0.717) is 24.9 Å². The van der Waals surface area contributed by atoms with Crippen LogP contribution in [0.5, 0.6) is 0 Å². The van der Waals surface area contributed by atoms with Crippen molar-refractivity contribution < 1.29 is 0 Å². The average molecular weight is 345 g/mol. The molecule has 0 bridgehead atoms. The quantitative estimate of drug-likeness (QED) is 0.809. The monoisotopic (exact) mass is 345 g/mol. The Morgan fingerprint density at radius 2 is 1.76 bits per heavy atom. The molecule has 0 spiro atoms. The van der Waals surface area contributed by atoms with Gasteiger partial charge in [0.25, 0.3) is 5.56 Å². The molecule has 1 N–H and O–H groups in total. The second-order valence-corrected chi connectivity index (χ2v) is 5.99. The Morgan fingerprint density at radius 1 is 1.08 bits per heavy atom. The summed E-state index contributed by atoms with van der Waals surface area (Å²) in [6.07, 6.45) is 1.75. The zero-order valence-electron chi connectivity index (χ0n) is 14.8. The molecule has 3 rings (SSSR count). The third-order valence-corrected chi connectivity index (χ3v) is 4.39. The first-order valence-electron chi connectivity index (χ1n) is 8.35. The standard InChI is InChI=1S/C16H23N7O2/c1-4-17-12-5-6-18-15(19-12)23-9-7-22(8-10-23)13-11-14(24)21(3)16(25)20(13)2/h5-6,11H,4,7-10H2,1-3H3,(H,17,18,19). The van der Waals surface area contributed by atoms with Crippen LogP contribution in [0.1, 0.15) is 6.92 Å². The molecule has 2 aromatic rings. The lowest BCUT2D eigenvalue weighted by atomic mass is 10.3. The van der Waals surface area contributed by atoms with E-state index in [1.807, 2.05) is 17.9 Å². The van der Waals surface area contributed by atoms with Gasteiger partial charge in [0.2, 0.25) is 5.95 Å². The van der Waals surface area contributed by atoms with Crippen molar-refractivity contribution in [2.45, 2.75) is 6.92 Å². The number of hydrogen-bond donors (Lipinski definition) is 1. The summed E-state index contributed by atoms with van der Waals surface area (Å²) in [4.78, 5) is 37.0. The van der Waals surface area contributed by atoms with Gasteiger partial charge < -0.3 is 15.1 Å². The SMILES string of the molecule is CCNc1ccnc(N2CCN(c3cc(=O)n(C)c(=O)n3C)CC2)n1. The third kappa shape index (κ3) is 3.35. The zero-order chi connectivity index (χ0) is 18.0. The molecule has 1 saturated heterocycles. The fourth-order valence-corrected chi connectivity index (χ4v) is 2.94. The second kappa shape index (κ2) is 6.96. The van der Waals surface area contributed by atoms with Gasteiger partial charge in [-0.1, -0.05) is 0 Å². The Morgan fingerprint density at radius 3 is 2.44 bits per heavy atom. The van der Waals surface area contributed by atoms with Gasteiger partial charge in [0.1, 0.15) is 11.6 Å². The van der Waals surface area contributed by atoms with Gasteiger partial charge in [0.15, 0.2) is 0 Å². The molecule has 134 valence electrons. The van der Waals surface area contributed by atoms with Crippen molar-refractivity contribution in [1.82, 2.24) is 19.1 Å². The van der Waals surface area contributed by atoms with Crippen LogP contribution in [0, 0.1) is 0 Å². The molecule has 9 nitrogen and oxygen atoms in total. The van der Waals surface area contributed by atoms with Gasteiger partial charge in [0, 0.05) is 59.1 Å². The number of aromatic nitrogens is 4. The smallest absolute Gasteiger partial charge is 0.332 e. The van der Waals surface area contributed by atoms with Gasteiger partial charge in [-0.15, -0.1) is 0 Å². The largest absolute Gasteiger partial charge is 0.370 e. The lowest BCUT2D eigenvalue weighted by Gasteiger charge is -2.36. The van der Waals surface area contributed by atoms with Crippen LogP contribution >= 0.6 is 0 Å². The highest BCUT2D eigenvalue weighted by Crippen LogP contribution is 2.16. The number of nitrogens with one attached hydrogen (secondary N) is 1. The van der Waals surface area contributed by atoms with Crippen LogP contribution in [0.15, 0.2) is 27.9 Å². The minimum Gasteiger partial charge on any atom is -0.370 e. The lowest BCUT2D eigenvalue weighted by Crippen LogP contribution is -2.49. The van der Waals surface area contributed by atoms with E-state index in [9.17, 15) is 9.59 Å². The normalized spacial score (nSPS) is 14.7. The van der Waals surface area contributed by atoms with Gasteiger partial charge in [-0.25, -0.2) is 9.78 Å². The number of nitrogens with zero attached hydrogens (tertiary/aromatic N) is 6. The molecule has 1 aliphatic rings. The number of piperazine rings is 1. The van der Waals surface area contributed by atoms with Crippen LogP contribution in [0.25, 0.3) is 0 Å². The van der Waals surface area contributed by atoms with Crippen molar-refractivity contribution in [2.24, 2.45) is 14.1 Å². The van der Waals surface area contributed by atoms with Crippen molar-refractivity contribution in [3.05, 3.63) is 39.2 Å². The predicted molar refractivity (Wildman–Crippen MR) is 97.5 cm³/mol. The van der Waals surface area contributed by atoms with E-state index >= 15 is 0 Å². The summed E-state index contributed by atoms with van der Waals surface area (Å²) in [6.45, 7) is 5.65. The van der Waals surface area contributed by atoms with Gasteiger partial charge >= 0.3 is 5.69 Å². The van der Waals surface area contributed by atoms with Crippen molar-refractivity contribution in [1.29, 1.82) is 0 Å². The van der Waals surface area contributed by atoms with Crippen LogP contribution < -0.4 is 26.4 Å². The van der Waals surface area contributed by atoms with Crippen LogP contribution in [0.3, 0.4) is 0 Å². The van der Waals surface area contributed by atoms with E-state index in [2.05, 4.69) is 20.2 Å². The molecule has 25 heavy (non-hydrogen) atoms. The number of anilines is 3. The molecule has 0 aliphatic carbocycles. The van der Waals surface area contributed by atoms with Crippen LogP contribution in [-0.4, -0.2) is 51.8 Å². The van der Waals surface area contributed by atoms with Gasteiger partial charge in [-0.2, -0.15) is 4.98 Å². The minimum absolute atomic E-state index is 0.290. The lowest BCUT2D eigenvalue weighted by molar-refractivity contribution is 0.603. The fraction of sp³-hybridized carbons (Fsp3) is 0.500. The maximum Gasteiger partial charge on any atom is 0.332 e. The van der Waals surface area contributed by atoms with E-state index in [1.54, 1.807) is 13.2 Å². The zero-order valence-corrected chi connectivity index (χ0v) is 14.8. The van der Waals surface area contributed by atoms with Gasteiger partial charge in [0.05, 0.1) is 0 Å². The van der Waals surface area contributed by atoms with Crippen molar-refractivity contribution in [2.75, 3.05) is 47.8 Å². The molecular weight excluding hydrogens is 322 g/mol. The first kappa shape index (κ1) is 17.0. The molecule has 0 radical (unpaired) electrons. The number of hydrogen-bond acceptors (Lipinski definition) is 7. The Bertz CT molecular complexity index is 866. The topological polar surface area (TPSA) is 88.3 Å². The molecule has 3 heterocycles. The molecule has 1 aliphatic heterocycles. The van der Waals surface area contributed by atoms with E-state index < -0.39 is 0 Å². The highest BCUT2D eigenvalue weighted by Gasteiger charge is 2.22.